The van der Waals surface area contributed by atoms with Gasteiger partial charge in [-0.05, 0) is 36.9 Å². The molecular weight excluding hydrogens is 509 g/mol. The number of ether oxygens (including phenoxy) is 3. The van der Waals surface area contributed by atoms with Gasteiger partial charge < -0.3 is 34.3 Å². The second-order valence-corrected chi connectivity index (χ2v) is 13.5. The Kier molecular flexibility index (Phi) is 6.18. The van der Waals surface area contributed by atoms with Gasteiger partial charge in [-0.15, -0.1) is 11.3 Å². The number of hydrogen-bond acceptors (Lipinski definition) is 10. The summed E-state index contributed by atoms with van der Waals surface area (Å²) in [6.07, 6.45) is 0. The van der Waals surface area contributed by atoms with Crippen molar-refractivity contribution in [1.82, 2.24) is 9.97 Å². The normalized spacial score (nSPS) is 17.1. The number of anilines is 5. The highest BCUT2D eigenvalue weighted by molar-refractivity contribution is 7.70. The number of benzene rings is 2. The van der Waals surface area contributed by atoms with Crippen LogP contribution < -0.4 is 30.3 Å². The van der Waals surface area contributed by atoms with Crippen LogP contribution in [-0.4, -0.2) is 62.8 Å². The molecule has 2 aliphatic heterocycles. The number of hydrogen-bond donors (Lipinski definition) is 2. The second-order valence-electron chi connectivity index (χ2n) is 9.40. The van der Waals surface area contributed by atoms with Crippen molar-refractivity contribution in [3.8, 4) is 11.5 Å². The molecule has 2 aromatic heterocycles. The first-order chi connectivity index (χ1) is 17.9. The number of para-hydroxylation sites is 1. The van der Waals surface area contributed by atoms with Crippen LogP contribution in [0.3, 0.4) is 0 Å². The Morgan fingerprint density at radius 3 is 2.81 bits per heavy atom. The minimum Gasteiger partial charge on any atom is -0.494 e. The zero-order valence-electron chi connectivity index (χ0n) is 20.9. The maximum atomic E-state index is 12.9. The van der Waals surface area contributed by atoms with Gasteiger partial charge in [0.2, 0.25) is 5.95 Å². The van der Waals surface area contributed by atoms with Crippen molar-refractivity contribution in [1.29, 1.82) is 0 Å². The van der Waals surface area contributed by atoms with Gasteiger partial charge >= 0.3 is 0 Å². The number of fused-ring (bicyclic) bond motifs is 4. The number of rotatable bonds is 6. The van der Waals surface area contributed by atoms with Gasteiger partial charge in [0.25, 0.3) is 0 Å². The maximum Gasteiger partial charge on any atom is 0.229 e. The van der Waals surface area contributed by atoms with Crippen molar-refractivity contribution in [3.05, 3.63) is 47.8 Å². The molecule has 0 bridgehead atoms. The third-order valence-corrected chi connectivity index (χ3v) is 9.00. The predicted octanol–water partition coefficient (Wildman–Crippen LogP) is 5.03. The number of methoxy groups -OCH3 is 1. The lowest BCUT2D eigenvalue weighted by atomic mass is 10.1. The minimum absolute atomic E-state index is 0.201. The topological polar surface area (TPSA) is 97.8 Å². The number of morpholine rings is 1. The summed E-state index contributed by atoms with van der Waals surface area (Å²) in [4.78, 5) is 11.9. The van der Waals surface area contributed by atoms with E-state index < -0.39 is 7.14 Å². The second kappa shape index (κ2) is 9.52. The van der Waals surface area contributed by atoms with Crippen molar-refractivity contribution in [2.24, 2.45) is 0 Å². The SMILES string of the molecule is COc1cc2c(cc1Nc1nc(Nc3ccccc3P(C)(C)=O)c3sccc3n1)OC[C@@H]1COCCN21. The molecule has 0 saturated carbocycles. The zero-order valence-corrected chi connectivity index (χ0v) is 22.6. The van der Waals surface area contributed by atoms with Gasteiger partial charge in [0.1, 0.15) is 25.2 Å². The molecule has 1 atom stereocenters. The van der Waals surface area contributed by atoms with Crippen LogP contribution in [0, 0.1) is 0 Å². The molecule has 1 fully saturated rings. The standard InChI is InChI=1S/C26H28N5O4PS/c1-33-21-13-20-22(35-15-16-14-34-10-9-31(16)20)12-19(21)29-26-28-18-8-11-37-24(18)25(30-26)27-17-6-4-5-7-23(17)36(2,3)32/h4-8,11-13,16H,9-10,14-15H2,1-3H3,(H2,27,28,29,30)/t16-/m0/s1. The van der Waals surface area contributed by atoms with Gasteiger partial charge in [0.15, 0.2) is 5.82 Å². The Hall–Kier alpha value is -3.33. The Morgan fingerprint density at radius 1 is 1.11 bits per heavy atom. The maximum absolute atomic E-state index is 12.9. The van der Waals surface area contributed by atoms with Crippen LogP contribution in [0.5, 0.6) is 11.5 Å². The molecule has 2 N–H and O–H groups in total. The molecule has 0 aliphatic carbocycles. The van der Waals surface area contributed by atoms with E-state index >= 15 is 0 Å². The summed E-state index contributed by atoms with van der Waals surface area (Å²) in [6, 6.07) is 13.7. The van der Waals surface area contributed by atoms with E-state index in [4.69, 9.17) is 24.2 Å². The summed E-state index contributed by atoms with van der Waals surface area (Å²) in [5, 5.41) is 9.52. The fraction of sp³-hybridized carbons (Fsp3) is 0.308. The first kappa shape index (κ1) is 24.0. The molecule has 0 unspecified atom stereocenters. The van der Waals surface area contributed by atoms with Crippen LogP contribution in [0.4, 0.5) is 28.8 Å². The van der Waals surface area contributed by atoms with Gasteiger partial charge in [0, 0.05) is 24.0 Å². The summed E-state index contributed by atoms with van der Waals surface area (Å²) in [7, 11) is -0.851. The lowest BCUT2D eigenvalue weighted by molar-refractivity contribution is 0.0705. The average molecular weight is 538 g/mol. The molecule has 9 nitrogen and oxygen atoms in total. The van der Waals surface area contributed by atoms with Crippen molar-refractivity contribution >= 4 is 62.8 Å². The summed E-state index contributed by atoms with van der Waals surface area (Å²) >= 11 is 1.55. The van der Waals surface area contributed by atoms with E-state index in [1.807, 2.05) is 47.8 Å². The van der Waals surface area contributed by atoms with Gasteiger partial charge in [-0.3, -0.25) is 0 Å². The highest BCUT2D eigenvalue weighted by Crippen LogP contribution is 2.43. The van der Waals surface area contributed by atoms with E-state index in [-0.39, 0.29) is 6.04 Å². The molecular formula is C26H28N5O4PS. The Labute approximate surface area is 219 Å². The summed E-state index contributed by atoms with van der Waals surface area (Å²) in [5.74, 6) is 2.52. The van der Waals surface area contributed by atoms with E-state index in [1.54, 1.807) is 31.8 Å². The Balaban J connectivity index is 1.36. The monoisotopic (exact) mass is 537 g/mol. The largest absolute Gasteiger partial charge is 0.494 e. The fourth-order valence-electron chi connectivity index (χ4n) is 4.75. The first-order valence-corrected chi connectivity index (χ1v) is 15.5. The van der Waals surface area contributed by atoms with Crippen LogP contribution in [0.2, 0.25) is 0 Å². The van der Waals surface area contributed by atoms with E-state index in [9.17, 15) is 4.57 Å². The molecule has 6 rings (SSSR count). The van der Waals surface area contributed by atoms with E-state index in [1.165, 1.54) is 0 Å². The molecule has 0 radical (unpaired) electrons. The van der Waals surface area contributed by atoms with Crippen LogP contribution >= 0.6 is 18.5 Å². The summed E-state index contributed by atoms with van der Waals surface area (Å²) < 4.78 is 31.3. The van der Waals surface area contributed by atoms with Gasteiger partial charge in [0.05, 0.1) is 53.6 Å². The molecule has 4 heterocycles. The molecule has 37 heavy (non-hydrogen) atoms. The Morgan fingerprint density at radius 2 is 1.97 bits per heavy atom. The van der Waals surface area contributed by atoms with Gasteiger partial charge in [-0.1, -0.05) is 12.1 Å². The third kappa shape index (κ3) is 4.61. The van der Waals surface area contributed by atoms with Crippen LogP contribution in [0.1, 0.15) is 0 Å². The minimum atomic E-state index is -2.50. The van der Waals surface area contributed by atoms with Crippen molar-refractivity contribution in [3.63, 3.8) is 0 Å². The lowest BCUT2D eigenvalue weighted by Gasteiger charge is -2.41. The number of nitrogens with zero attached hydrogens (tertiary/aromatic N) is 3. The first-order valence-electron chi connectivity index (χ1n) is 12.0. The number of aromatic nitrogens is 2. The molecule has 4 aromatic rings. The quantitative estimate of drug-likeness (QED) is 0.328. The molecule has 2 aromatic carbocycles. The molecule has 0 spiro atoms. The van der Waals surface area contributed by atoms with Crippen molar-refractivity contribution in [2.75, 3.05) is 62.3 Å². The fourth-order valence-corrected chi connectivity index (χ4v) is 6.68. The molecule has 11 heteroatoms. The van der Waals surface area contributed by atoms with E-state index in [0.717, 1.165) is 39.2 Å². The summed E-state index contributed by atoms with van der Waals surface area (Å²) in [5.41, 5.74) is 3.29. The molecule has 0 amide bonds. The smallest absolute Gasteiger partial charge is 0.229 e. The summed E-state index contributed by atoms with van der Waals surface area (Å²) in [6.45, 7) is 6.27. The molecule has 1 saturated heterocycles. The van der Waals surface area contributed by atoms with E-state index in [0.29, 0.717) is 43.0 Å². The van der Waals surface area contributed by atoms with Crippen molar-refractivity contribution < 1.29 is 18.8 Å². The lowest BCUT2D eigenvalue weighted by Crippen LogP contribution is -2.51. The zero-order chi connectivity index (χ0) is 25.6. The third-order valence-electron chi connectivity index (χ3n) is 6.54. The average Bonchev–Trinajstić information content (AvgIpc) is 3.37. The molecule has 2 aliphatic rings. The highest BCUT2D eigenvalue weighted by atomic mass is 32.1. The van der Waals surface area contributed by atoms with Crippen molar-refractivity contribution in [2.45, 2.75) is 6.04 Å². The number of thiophene rings is 1. The van der Waals surface area contributed by atoms with Gasteiger partial charge in [-0.2, -0.15) is 4.98 Å². The Bertz CT molecular complexity index is 1520. The van der Waals surface area contributed by atoms with Crippen LogP contribution in [-0.2, 0) is 9.30 Å². The predicted molar refractivity (Wildman–Crippen MR) is 150 cm³/mol. The van der Waals surface area contributed by atoms with Crippen LogP contribution in [0.15, 0.2) is 47.8 Å². The van der Waals surface area contributed by atoms with Crippen LogP contribution in [0.25, 0.3) is 10.2 Å². The van der Waals surface area contributed by atoms with Gasteiger partial charge in [-0.25, -0.2) is 4.98 Å². The number of nitrogens with one attached hydrogen (secondary N) is 2. The molecule has 192 valence electrons. The highest BCUT2D eigenvalue weighted by Gasteiger charge is 2.31. The van der Waals surface area contributed by atoms with E-state index in [2.05, 4.69) is 15.5 Å².